The summed E-state index contributed by atoms with van der Waals surface area (Å²) in [4.78, 5) is 9.05. The molecule has 0 unspecified atom stereocenters. The topological polar surface area (TPSA) is 58.6 Å². The highest BCUT2D eigenvalue weighted by atomic mass is 79.9. The molecule has 0 aliphatic carbocycles. The molecule has 4 rings (SSSR count). The van der Waals surface area contributed by atoms with Gasteiger partial charge in [0, 0.05) is 10.7 Å². The van der Waals surface area contributed by atoms with Gasteiger partial charge in [0.2, 0.25) is 5.89 Å². The largest absolute Gasteiger partial charge is 0.507 e. The van der Waals surface area contributed by atoms with Gasteiger partial charge in [0.1, 0.15) is 11.3 Å². The van der Waals surface area contributed by atoms with Crippen LogP contribution in [0, 0.1) is 13.8 Å². The smallest absolute Gasteiger partial charge is 0.231 e. The Hall–Kier alpha value is -2.92. The average molecular weight is 421 g/mol. The summed E-state index contributed by atoms with van der Waals surface area (Å²) in [5, 5.41) is 10.3. The van der Waals surface area contributed by atoms with Crippen molar-refractivity contribution in [1.29, 1.82) is 0 Å². The Labute approximate surface area is 165 Å². The SMILES string of the molecule is Cc1cc(C)c2oc(-c3cc(N=Cc4ccc(Br)cc4)ccc3O)nc2c1. The maximum atomic E-state index is 10.3. The lowest BCUT2D eigenvalue weighted by atomic mass is 10.1. The molecule has 0 saturated carbocycles. The van der Waals surface area contributed by atoms with E-state index in [9.17, 15) is 5.11 Å². The molecule has 1 aromatic heterocycles. The van der Waals surface area contributed by atoms with Gasteiger partial charge in [0.25, 0.3) is 0 Å². The van der Waals surface area contributed by atoms with E-state index in [1.165, 1.54) is 0 Å². The van der Waals surface area contributed by atoms with Crippen molar-refractivity contribution in [1.82, 2.24) is 4.98 Å². The fourth-order valence-electron chi connectivity index (χ4n) is 2.97. The first-order chi connectivity index (χ1) is 13.0. The number of phenolic OH excluding ortho intramolecular Hbond substituents is 1. The van der Waals surface area contributed by atoms with E-state index in [0.717, 1.165) is 32.3 Å². The third-order valence-electron chi connectivity index (χ3n) is 4.26. The zero-order valence-electron chi connectivity index (χ0n) is 14.9. The summed E-state index contributed by atoms with van der Waals surface area (Å²) in [5.41, 5.74) is 5.88. The van der Waals surface area contributed by atoms with Crippen LogP contribution >= 0.6 is 15.9 Å². The van der Waals surface area contributed by atoms with Crippen LogP contribution in [0.25, 0.3) is 22.6 Å². The van der Waals surface area contributed by atoms with Gasteiger partial charge in [-0.25, -0.2) is 4.98 Å². The van der Waals surface area contributed by atoms with Crippen LogP contribution < -0.4 is 0 Å². The lowest BCUT2D eigenvalue weighted by molar-refractivity contribution is 0.474. The van der Waals surface area contributed by atoms with E-state index in [-0.39, 0.29) is 5.75 Å². The lowest BCUT2D eigenvalue weighted by Gasteiger charge is -2.02. The number of aryl methyl sites for hydroxylation is 2. The minimum atomic E-state index is 0.110. The second kappa shape index (κ2) is 7.00. The van der Waals surface area contributed by atoms with Gasteiger partial charge in [-0.15, -0.1) is 0 Å². The number of phenols is 1. The zero-order valence-corrected chi connectivity index (χ0v) is 16.5. The summed E-state index contributed by atoms with van der Waals surface area (Å²) in [7, 11) is 0. The second-order valence-electron chi connectivity index (χ2n) is 6.46. The van der Waals surface area contributed by atoms with Crippen LogP contribution in [-0.4, -0.2) is 16.3 Å². The Morgan fingerprint density at radius 3 is 2.59 bits per heavy atom. The highest BCUT2D eigenvalue weighted by Gasteiger charge is 2.14. The Morgan fingerprint density at radius 1 is 1.04 bits per heavy atom. The second-order valence-corrected chi connectivity index (χ2v) is 7.38. The van der Waals surface area contributed by atoms with Gasteiger partial charge in [-0.05, 0) is 66.9 Å². The molecule has 5 heteroatoms. The normalized spacial score (nSPS) is 11.5. The molecule has 1 N–H and O–H groups in total. The summed E-state index contributed by atoms with van der Waals surface area (Å²) >= 11 is 3.42. The molecule has 0 aliphatic rings. The lowest BCUT2D eigenvalue weighted by Crippen LogP contribution is -1.81. The van der Waals surface area contributed by atoms with Crippen molar-refractivity contribution in [3.05, 3.63) is 75.8 Å². The van der Waals surface area contributed by atoms with Gasteiger partial charge in [-0.2, -0.15) is 0 Å². The fraction of sp³-hybridized carbons (Fsp3) is 0.0909. The third-order valence-corrected chi connectivity index (χ3v) is 4.79. The molecule has 4 aromatic rings. The van der Waals surface area contributed by atoms with E-state index >= 15 is 0 Å². The molecular formula is C22H17BrN2O2. The van der Waals surface area contributed by atoms with Crippen LogP contribution in [0.3, 0.4) is 0 Å². The molecule has 0 bridgehead atoms. The molecule has 0 aliphatic heterocycles. The molecule has 0 fully saturated rings. The van der Waals surface area contributed by atoms with Crippen molar-refractivity contribution in [3.8, 4) is 17.2 Å². The van der Waals surface area contributed by atoms with Crippen molar-refractivity contribution in [2.75, 3.05) is 0 Å². The summed E-state index contributed by atoms with van der Waals surface area (Å²) in [6.45, 7) is 4.01. The minimum Gasteiger partial charge on any atom is -0.507 e. The number of benzene rings is 3. The number of hydrogen-bond donors (Lipinski definition) is 1. The summed E-state index contributed by atoms with van der Waals surface area (Å²) in [6.07, 6.45) is 1.78. The Bertz CT molecular complexity index is 1160. The number of aromatic hydroxyl groups is 1. The number of aliphatic imine (C=N–C) groups is 1. The molecule has 0 amide bonds. The van der Waals surface area contributed by atoms with E-state index in [4.69, 9.17) is 4.42 Å². The van der Waals surface area contributed by atoms with Crippen molar-refractivity contribution >= 4 is 38.9 Å². The predicted octanol–water partition coefficient (Wildman–Crippen LogP) is 6.33. The van der Waals surface area contributed by atoms with Crippen LogP contribution in [0.4, 0.5) is 5.69 Å². The first-order valence-electron chi connectivity index (χ1n) is 8.50. The molecular weight excluding hydrogens is 404 g/mol. The van der Waals surface area contributed by atoms with E-state index < -0.39 is 0 Å². The molecule has 0 saturated heterocycles. The van der Waals surface area contributed by atoms with E-state index in [0.29, 0.717) is 17.1 Å². The standard InChI is InChI=1S/C22H17BrN2O2/c1-13-9-14(2)21-19(10-13)25-22(27-21)18-11-17(7-8-20(18)26)24-12-15-3-5-16(23)6-4-15/h3-12,26H,1-2H3. The van der Waals surface area contributed by atoms with E-state index in [1.807, 2.05) is 44.2 Å². The van der Waals surface area contributed by atoms with Gasteiger partial charge >= 0.3 is 0 Å². The van der Waals surface area contributed by atoms with Crippen LogP contribution in [0.5, 0.6) is 5.75 Å². The number of nitrogens with zero attached hydrogens (tertiary/aromatic N) is 2. The Morgan fingerprint density at radius 2 is 1.81 bits per heavy atom. The maximum absolute atomic E-state index is 10.3. The summed E-state index contributed by atoms with van der Waals surface area (Å²) in [5.74, 6) is 0.496. The van der Waals surface area contributed by atoms with Gasteiger partial charge < -0.3 is 9.52 Å². The number of halogens is 1. The van der Waals surface area contributed by atoms with E-state index in [2.05, 4.69) is 32.0 Å². The molecule has 1 heterocycles. The van der Waals surface area contributed by atoms with Crippen LogP contribution in [-0.2, 0) is 0 Å². The third kappa shape index (κ3) is 3.64. The van der Waals surface area contributed by atoms with Gasteiger partial charge in [-0.3, -0.25) is 4.99 Å². The first-order valence-corrected chi connectivity index (χ1v) is 9.30. The Balaban J connectivity index is 1.72. The average Bonchev–Trinajstić information content (AvgIpc) is 3.06. The number of hydrogen-bond acceptors (Lipinski definition) is 4. The minimum absolute atomic E-state index is 0.110. The molecule has 4 nitrogen and oxygen atoms in total. The van der Waals surface area contributed by atoms with Crippen LogP contribution in [0.2, 0.25) is 0 Å². The molecule has 0 spiro atoms. The van der Waals surface area contributed by atoms with Gasteiger partial charge in [-0.1, -0.05) is 34.1 Å². The monoisotopic (exact) mass is 420 g/mol. The molecule has 0 atom stereocenters. The highest BCUT2D eigenvalue weighted by molar-refractivity contribution is 9.10. The van der Waals surface area contributed by atoms with Crippen LogP contribution in [0.15, 0.2) is 68.5 Å². The molecule has 27 heavy (non-hydrogen) atoms. The molecule has 134 valence electrons. The first kappa shape index (κ1) is 17.5. The Kier molecular flexibility index (Phi) is 4.54. The summed E-state index contributed by atoms with van der Waals surface area (Å²) < 4.78 is 6.94. The number of aromatic nitrogens is 1. The summed E-state index contributed by atoms with van der Waals surface area (Å²) in [6, 6.07) is 17.0. The zero-order chi connectivity index (χ0) is 19.0. The quantitative estimate of drug-likeness (QED) is 0.393. The predicted molar refractivity (Wildman–Crippen MR) is 112 cm³/mol. The van der Waals surface area contributed by atoms with Crippen molar-refractivity contribution < 1.29 is 9.52 Å². The number of fused-ring (bicyclic) bond motifs is 1. The van der Waals surface area contributed by atoms with Crippen molar-refractivity contribution in [2.24, 2.45) is 4.99 Å². The van der Waals surface area contributed by atoms with Crippen molar-refractivity contribution in [2.45, 2.75) is 13.8 Å². The number of rotatable bonds is 3. The van der Waals surface area contributed by atoms with Crippen molar-refractivity contribution in [3.63, 3.8) is 0 Å². The number of oxazole rings is 1. The molecule has 0 radical (unpaired) electrons. The maximum Gasteiger partial charge on any atom is 0.231 e. The highest BCUT2D eigenvalue weighted by Crippen LogP contribution is 2.35. The fourth-order valence-corrected chi connectivity index (χ4v) is 3.23. The molecule has 3 aromatic carbocycles. The van der Waals surface area contributed by atoms with Gasteiger partial charge in [0.15, 0.2) is 5.58 Å². The van der Waals surface area contributed by atoms with Crippen LogP contribution in [0.1, 0.15) is 16.7 Å². The van der Waals surface area contributed by atoms with Gasteiger partial charge in [0.05, 0.1) is 11.3 Å². The van der Waals surface area contributed by atoms with E-state index in [1.54, 1.807) is 24.4 Å².